The Hall–Kier alpha value is -4.10. The normalized spacial score (nSPS) is 16.3. The molecule has 1 aliphatic heterocycles. The first-order valence-electron chi connectivity index (χ1n) is 7.58. The highest BCUT2D eigenvalue weighted by molar-refractivity contribution is 5.48. The average molecular weight is 413 g/mol. The molecule has 0 saturated carbocycles. The van der Waals surface area contributed by atoms with Crippen LogP contribution in [0.1, 0.15) is 17.2 Å². The molecule has 0 spiro atoms. The Morgan fingerprint density at radius 1 is 1.07 bits per heavy atom. The number of rotatable bonds is 4. The molecule has 152 valence electrons. The summed E-state index contributed by atoms with van der Waals surface area (Å²) in [5.41, 5.74) is -2.89. The molecule has 0 aliphatic carbocycles. The van der Waals surface area contributed by atoms with Crippen molar-refractivity contribution in [2.45, 2.75) is 12.2 Å². The van der Waals surface area contributed by atoms with Crippen LogP contribution in [0.15, 0.2) is 36.4 Å². The van der Waals surface area contributed by atoms with Crippen LogP contribution in [-0.4, -0.2) is 14.8 Å². The summed E-state index contributed by atoms with van der Waals surface area (Å²) in [6.45, 7) is 0. The van der Waals surface area contributed by atoms with Gasteiger partial charge in [0.1, 0.15) is 5.75 Å². The zero-order valence-electron chi connectivity index (χ0n) is 13.9. The van der Waals surface area contributed by atoms with Crippen molar-refractivity contribution >= 4 is 11.4 Å². The Balaban J connectivity index is 2.11. The number of non-ortho nitro benzene ring substituents is 2. The van der Waals surface area contributed by atoms with Gasteiger partial charge in [0, 0.05) is 22.4 Å². The average Bonchev–Trinajstić information content (AvgIpc) is 2.97. The maximum atomic E-state index is 12.8. The Morgan fingerprint density at radius 3 is 2.31 bits per heavy atom. The summed E-state index contributed by atoms with van der Waals surface area (Å²) in [7, 11) is 0. The number of nitro groups is 3. The maximum Gasteiger partial charge on any atom is 0.370 e. The minimum absolute atomic E-state index is 0.102. The molecule has 0 radical (unpaired) electrons. The third kappa shape index (κ3) is 3.67. The molecule has 1 unspecified atom stereocenters. The Bertz CT molecular complexity index is 1100. The molecule has 0 amide bonds. The highest BCUT2D eigenvalue weighted by Gasteiger charge is 2.43. The van der Waals surface area contributed by atoms with Crippen LogP contribution < -0.4 is 15.1 Å². The van der Waals surface area contributed by atoms with Gasteiger partial charge >= 0.3 is 6.18 Å². The van der Waals surface area contributed by atoms with Crippen LogP contribution in [0.5, 0.6) is 5.75 Å². The minimum Gasteiger partial charge on any atom is -0.490 e. The van der Waals surface area contributed by atoms with Gasteiger partial charge in [0.2, 0.25) is 0 Å². The van der Waals surface area contributed by atoms with Crippen LogP contribution in [0, 0.1) is 36.6 Å². The van der Waals surface area contributed by atoms with Crippen LogP contribution in [0.2, 0.25) is 0 Å². The summed E-state index contributed by atoms with van der Waals surface area (Å²) >= 11 is 0. The Labute approximate surface area is 157 Å². The van der Waals surface area contributed by atoms with Crippen molar-refractivity contribution in [2.75, 3.05) is 0 Å². The van der Waals surface area contributed by atoms with Gasteiger partial charge < -0.3 is 9.73 Å². The van der Waals surface area contributed by atoms with Crippen LogP contribution in [0.4, 0.5) is 24.5 Å². The van der Waals surface area contributed by atoms with Crippen molar-refractivity contribution in [2.24, 2.45) is 0 Å². The number of hydrogen-bond donors (Lipinski definition) is 1. The fraction of sp³-hybridized carbons (Fsp3) is 0.133. The quantitative estimate of drug-likeness (QED) is 0.448. The molecule has 2 aromatic carbocycles. The van der Waals surface area contributed by atoms with Crippen LogP contribution >= 0.6 is 0 Å². The number of ether oxygens (including phenoxy) is 1. The predicted molar refractivity (Wildman–Crippen MR) is 84.5 cm³/mol. The van der Waals surface area contributed by atoms with Gasteiger partial charge in [-0.25, -0.2) is 0 Å². The molecule has 3 rings (SSSR count). The Kier molecular flexibility index (Phi) is 4.62. The van der Waals surface area contributed by atoms with Gasteiger partial charge in [-0.15, -0.1) is 0 Å². The first-order valence-corrected chi connectivity index (χ1v) is 7.58. The van der Waals surface area contributed by atoms with E-state index in [2.05, 4.69) is 4.99 Å². The first kappa shape index (κ1) is 19.7. The molecular formula is C15H8F3N4O7-. The molecule has 1 N–H and O–H groups in total. The van der Waals surface area contributed by atoms with E-state index in [1.165, 1.54) is 0 Å². The lowest BCUT2D eigenvalue weighted by molar-refractivity contribution is -0.611. The molecular weight excluding hydrogens is 405 g/mol. The van der Waals surface area contributed by atoms with E-state index < -0.39 is 55.5 Å². The smallest absolute Gasteiger partial charge is 0.370 e. The van der Waals surface area contributed by atoms with E-state index in [1.54, 1.807) is 0 Å². The second-order valence-electron chi connectivity index (χ2n) is 5.75. The van der Waals surface area contributed by atoms with Crippen LogP contribution in [0.25, 0.3) is 0 Å². The fourth-order valence-electron chi connectivity index (χ4n) is 2.67. The predicted octanol–water partition coefficient (Wildman–Crippen LogP) is 1.12. The Morgan fingerprint density at radius 2 is 1.76 bits per heavy atom. The molecule has 0 bridgehead atoms. The van der Waals surface area contributed by atoms with Gasteiger partial charge in [-0.1, -0.05) is 11.6 Å². The molecule has 0 saturated heterocycles. The summed E-state index contributed by atoms with van der Waals surface area (Å²) in [4.78, 5) is 33.1. The first-order chi connectivity index (χ1) is 13.5. The van der Waals surface area contributed by atoms with Gasteiger partial charge in [-0.2, -0.15) is 25.3 Å². The molecule has 2 aromatic rings. The third-order valence-corrected chi connectivity index (χ3v) is 3.96. The summed E-state index contributed by atoms with van der Waals surface area (Å²) in [5, 5.41) is 33.0. The number of nitro benzene ring substituents is 2. The summed E-state index contributed by atoms with van der Waals surface area (Å²) in [6, 6.07) is 2.87. The molecule has 0 aromatic heterocycles. The van der Waals surface area contributed by atoms with Gasteiger partial charge in [0.05, 0.1) is 10.5 Å². The highest BCUT2D eigenvalue weighted by Crippen LogP contribution is 2.41. The van der Waals surface area contributed by atoms with Gasteiger partial charge in [0.25, 0.3) is 18.0 Å². The maximum absolute atomic E-state index is 12.8. The number of nitrogens with one attached hydrogen (secondary N) is 1. The number of alkyl halides is 3. The molecule has 29 heavy (non-hydrogen) atoms. The number of nitrogens with zero attached hydrogens (tertiary/aromatic N) is 3. The SMILES string of the molecule is O=[N+]([O-])c1ccc2c(c1)C([N+](=O)[O-])[C-]([NH+]=c1ccc(C(F)(F)F)c[c-]1[N+](=O)[O-])O2. The summed E-state index contributed by atoms with van der Waals surface area (Å²) in [5.74, 6) is -0.102. The van der Waals surface area contributed by atoms with Crippen LogP contribution in [0.3, 0.4) is 0 Å². The lowest BCUT2D eigenvalue weighted by Crippen LogP contribution is -2.80. The van der Waals surface area contributed by atoms with Crippen molar-refractivity contribution in [3.05, 3.63) is 89.5 Å². The van der Waals surface area contributed by atoms with E-state index in [-0.39, 0.29) is 17.4 Å². The second kappa shape index (κ2) is 6.81. The number of hydrogen-bond acceptors (Lipinski definition) is 7. The van der Waals surface area contributed by atoms with E-state index in [1.807, 2.05) is 0 Å². The topological polar surface area (TPSA) is 153 Å². The van der Waals surface area contributed by atoms with E-state index in [0.717, 1.165) is 24.3 Å². The van der Waals surface area contributed by atoms with E-state index in [4.69, 9.17) is 4.74 Å². The minimum atomic E-state index is -4.83. The summed E-state index contributed by atoms with van der Waals surface area (Å²) < 4.78 is 43.7. The monoisotopic (exact) mass is 413 g/mol. The largest absolute Gasteiger partial charge is 0.490 e. The zero-order valence-corrected chi connectivity index (χ0v) is 13.9. The van der Waals surface area contributed by atoms with Crippen LogP contribution in [-0.2, 0) is 6.18 Å². The second-order valence-corrected chi connectivity index (χ2v) is 5.75. The van der Waals surface area contributed by atoms with Crippen molar-refractivity contribution < 1.29 is 37.7 Å². The van der Waals surface area contributed by atoms with Gasteiger partial charge in [0.15, 0.2) is 5.69 Å². The van der Waals surface area contributed by atoms with Crippen molar-refractivity contribution in [3.8, 4) is 5.75 Å². The summed E-state index contributed by atoms with van der Waals surface area (Å²) in [6.07, 6.45) is -5.38. The van der Waals surface area contributed by atoms with Crippen molar-refractivity contribution in [1.29, 1.82) is 0 Å². The van der Waals surface area contributed by atoms with Gasteiger partial charge in [-0.3, -0.25) is 30.3 Å². The van der Waals surface area contributed by atoms with Crippen molar-refractivity contribution in [3.63, 3.8) is 0 Å². The number of halogens is 3. The fourth-order valence-corrected chi connectivity index (χ4v) is 2.67. The molecule has 1 aliphatic rings. The van der Waals surface area contributed by atoms with E-state index in [9.17, 15) is 43.5 Å². The van der Waals surface area contributed by atoms with Crippen molar-refractivity contribution in [1.82, 2.24) is 0 Å². The lowest BCUT2D eigenvalue weighted by atomic mass is 10.1. The van der Waals surface area contributed by atoms with E-state index >= 15 is 0 Å². The van der Waals surface area contributed by atoms with Gasteiger partial charge in [-0.05, 0) is 11.0 Å². The molecule has 1 heterocycles. The highest BCUT2D eigenvalue weighted by atomic mass is 19.4. The zero-order chi connectivity index (χ0) is 21.5. The van der Waals surface area contributed by atoms with E-state index in [0.29, 0.717) is 6.07 Å². The number of benzene rings is 2. The lowest BCUT2D eigenvalue weighted by Gasteiger charge is -2.15. The molecule has 0 fully saturated rings. The number of fused-ring (bicyclic) bond motifs is 1. The molecule has 1 atom stereocenters. The standard InChI is InChI=1S/C15H8F3N4O7/c16-15(17,18)7-1-3-10(11(5-7)21(25)26)19-14-13(22(27)28)9-6-8(20(23)24)2-4-12(9)29-14/h1-6,13,19H/q-1. The molecule has 14 heteroatoms. The third-order valence-electron chi connectivity index (χ3n) is 3.96. The molecule has 11 nitrogen and oxygen atoms in total.